The van der Waals surface area contributed by atoms with Crippen LogP contribution >= 0.6 is 0 Å². The molecule has 1 unspecified atom stereocenters. The molecule has 1 fully saturated rings. The molecule has 3 amide bonds. The van der Waals surface area contributed by atoms with Gasteiger partial charge in [-0.2, -0.15) is 0 Å². The van der Waals surface area contributed by atoms with Crippen molar-refractivity contribution in [1.82, 2.24) is 15.2 Å². The van der Waals surface area contributed by atoms with E-state index >= 15 is 0 Å². The number of benzene rings is 3. The van der Waals surface area contributed by atoms with Crippen LogP contribution in [0, 0.1) is 0 Å². The lowest BCUT2D eigenvalue weighted by Crippen LogP contribution is -2.46. The summed E-state index contributed by atoms with van der Waals surface area (Å²) in [6.07, 6.45) is 1.81. The number of rotatable bonds is 7. The van der Waals surface area contributed by atoms with Crippen LogP contribution in [0.25, 0.3) is 11.5 Å². The predicted octanol–water partition coefficient (Wildman–Crippen LogP) is 4.54. The first-order valence-corrected chi connectivity index (χ1v) is 10.9. The molecule has 0 radical (unpaired) electrons. The lowest BCUT2D eigenvalue weighted by atomic mass is 9.83. The van der Waals surface area contributed by atoms with Crippen molar-refractivity contribution < 1.29 is 18.7 Å². The van der Waals surface area contributed by atoms with Gasteiger partial charge in [-0.1, -0.05) is 60.7 Å². The van der Waals surface area contributed by atoms with Crippen molar-refractivity contribution >= 4 is 11.9 Å². The number of methoxy groups -OCH3 is 1. The second-order valence-electron chi connectivity index (χ2n) is 8.13. The molecule has 170 valence electrons. The van der Waals surface area contributed by atoms with Crippen LogP contribution in [0.5, 0.6) is 5.75 Å². The van der Waals surface area contributed by atoms with E-state index in [9.17, 15) is 9.59 Å². The number of oxazole rings is 1. The molecule has 0 aliphatic carbocycles. The van der Waals surface area contributed by atoms with Crippen LogP contribution in [0.15, 0.2) is 95.6 Å². The summed E-state index contributed by atoms with van der Waals surface area (Å²) >= 11 is 0. The second kappa shape index (κ2) is 8.86. The summed E-state index contributed by atoms with van der Waals surface area (Å²) in [7, 11) is 1.60. The van der Waals surface area contributed by atoms with E-state index in [0.717, 1.165) is 22.4 Å². The summed E-state index contributed by atoms with van der Waals surface area (Å²) in [5.74, 6) is 0.815. The summed E-state index contributed by atoms with van der Waals surface area (Å²) in [6, 6.07) is 25.8. The summed E-state index contributed by atoms with van der Waals surface area (Å²) in [6.45, 7) is 0.00763. The standard InChI is InChI=1S/C27H23N3O4/c1-33-23-14-12-20(13-15-23)24-28-22(18-34-24)17-30-25(31)27(29-26(30)32,21-10-6-3-7-11-21)16-19-8-4-2-5-9-19/h2-15,18H,16-17H2,1H3,(H,29,32). The maximum atomic E-state index is 13.8. The zero-order valence-corrected chi connectivity index (χ0v) is 18.6. The molecule has 0 spiro atoms. The Bertz CT molecular complexity index is 1300. The van der Waals surface area contributed by atoms with E-state index < -0.39 is 11.6 Å². The number of nitrogens with one attached hydrogen (secondary N) is 1. The largest absolute Gasteiger partial charge is 0.497 e. The Kier molecular flexibility index (Phi) is 5.59. The molecule has 3 aromatic carbocycles. The number of nitrogens with zero attached hydrogens (tertiary/aromatic N) is 2. The molecule has 2 heterocycles. The third-order valence-corrected chi connectivity index (χ3v) is 5.96. The van der Waals surface area contributed by atoms with Crippen LogP contribution in [0.2, 0.25) is 0 Å². The molecule has 0 saturated carbocycles. The van der Waals surface area contributed by atoms with Gasteiger partial charge < -0.3 is 14.5 Å². The number of imide groups is 1. The van der Waals surface area contributed by atoms with Gasteiger partial charge in [0, 0.05) is 12.0 Å². The number of carbonyl (C=O) groups excluding carboxylic acids is 2. The van der Waals surface area contributed by atoms with Gasteiger partial charge in [-0.15, -0.1) is 0 Å². The van der Waals surface area contributed by atoms with Crippen LogP contribution in [0.1, 0.15) is 16.8 Å². The number of hydrogen-bond acceptors (Lipinski definition) is 5. The zero-order chi connectivity index (χ0) is 23.5. The Hall–Kier alpha value is -4.39. The van der Waals surface area contributed by atoms with Crippen LogP contribution < -0.4 is 10.1 Å². The van der Waals surface area contributed by atoms with Gasteiger partial charge >= 0.3 is 6.03 Å². The minimum absolute atomic E-state index is 0.00763. The van der Waals surface area contributed by atoms with Gasteiger partial charge in [0.2, 0.25) is 5.89 Å². The van der Waals surface area contributed by atoms with Crippen molar-refractivity contribution in [3.8, 4) is 17.2 Å². The Balaban J connectivity index is 1.43. The SMILES string of the molecule is COc1ccc(-c2nc(CN3C(=O)NC(Cc4ccccc4)(c4ccccc4)C3=O)co2)cc1. The Labute approximate surface area is 197 Å². The van der Waals surface area contributed by atoms with Crippen molar-refractivity contribution in [3.63, 3.8) is 0 Å². The molecule has 1 aromatic heterocycles. The number of carbonyl (C=O) groups is 2. The average molecular weight is 453 g/mol. The smallest absolute Gasteiger partial charge is 0.325 e. The molecule has 0 bridgehead atoms. The number of hydrogen-bond donors (Lipinski definition) is 1. The summed E-state index contributed by atoms with van der Waals surface area (Å²) in [5.41, 5.74) is 1.75. The normalized spacial score (nSPS) is 17.6. The first kappa shape index (κ1) is 21.5. The van der Waals surface area contributed by atoms with E-state index in [1.807, 2.05) is 84.9 Å². The van der Waals surface area contributed by atoms with Crippen molar-refractivity contribution in [2.24, 2.45) is 0 Å². The molecular formula is C27H23N3O4. The van der Waals surface area contributed by atoms with E-state index in [-0.39, 0.29) is 12.5 Å². The first-order chi connectivity index (χ1) is 16.6. The summed E-state index contributed by atoms with van der Waals surface area (Å²) in [5, 5.41) is 2.97. The quantitative estimate of drug-likeness (QED) is 0.415. The van der Waals surface area contributed by atoms with E-state index in [2.05, 4.69) is 10.3 Å². The van der Waals surface area contributed by atoms with Gasteiger partial charge in [0.1, 0.15) is 12.0 Å². The third-order valence-electron chi connectivity index (χ3n) is 5.96. The number of aromatic nitrogens is 1. The second-order valence-corrected chi connectivity index (χ2v) is 8.13. The summed E-state index contributed by atoms with van der Waals surface area (Å²) in [4.78, 5) is 32.5. The summed E-state index contributed by atoms with van der Waals surface area (Å²) < 4.78 is 10.8. The molecule has 7 nitrogen and oxygen atoms in total. The Morgan fingerprint density at radius 3 is 2.29 bits per heavy atom. The van der Waals surface area contributed by atoms with E-state index in [1.54, 1.807) is 7.11 Å². The molecule has 1 aliphatic heterocycles. The molecule has 5 rings (SSSR count). The lowest BCUT2D eigenvalue weighted by molar-refractivity contribution is -0.132. The molecule has 1 N–H and O–H groups in total. The average Bonchev–Trinajstić information content (AvgIpc) is 3.44. The molecule has 1 aliphatic rings. The van der Waals surface area contributed by atoms with Gasteiger partial charge in [-0.3, -0.25) is 9.69 Å². The monoisotopic (exact) mass is 453 g/mol. The molecule has 1 saturated heterocycles. The van der Waals surface area contributed by atoms with Crippen LogP contribution in [0.4, 0.5) is 4.79 Å². The fraction of sp³-hybridized carbons (Fsp3) is 0.148. The van der Waals surface area contributed by atoms with Gasteiger partial charge in [0.15, 0.2) is 5.54 Å². The topological polar surface area (TPSA) is 84.7 Å². The van der Waals surface area contributed by atoms with Crippen molar-refractivity contribution in [1.29, 1.82) is 0 Å². The van der Waals surface area contributed by atoms with Gasteiger partial charge in [-0.25, -0.2) is 9.78 Å². The van der Waals surface area contributed by atoms with E-state index in [4.69, 9.17) is 9.15 Å². The predicted molar refractivity (Wildman–Crippen MR) is 126 cm³/mol. The molecule has 34 heavy (non-hydrogen) atoms. The fourth-order valence-electron chi connectivity index (χ4n) is 4.22. The highest BCUT2D eigenvalue weighted by Gasteiger charge is 2.52. The third kappa shape index (κ3) is 3.92. The lowest BCUT2D eigenvalue weighted by Gasteiger charge is -2.27. The van der Waals surface area contributed by atoms with Crippen LogP contribution in [-0.2, 0) is 23.3 Å². The highest BCUT2D eigenvalue weighted by atomic mass is 16.5. The van der Waals surface area contributed by atoms with Crippen LogP contribution in [0.3, 0.4) is 0 Å². The van der Waals surface area contributed by atoms with Crippen molar-refractivity contribution in [3.05, 3.63) is 108 Å². The highest BCUT2D eigenvalue weighted by Crippen LogP contribution is 2.34. The Morgan fingerprint density at radius 2 is 1.62 bits per heavy atom. The number of ether oxygens (including phenoxy) is 1. The fourth-order valence-corrected chi connectivity index (χ4v) is 4.22. The van der Waals surface area contributed by atoms with Crippen LogP contribution in [-0.4, -0.2) is 28.9 Å². The Morgan fingerprint density at radius 1 is 0.941 bits per heavy atom. The van der Waals surface area contributed by atoms with Crippen molar-refractivity contribution in [2.75, 3.05) is 7.11 Å². The maximum Gasteiger partial charge on any atom is 0.325 e. The number of amides is 3. The van der Waals surface area contributed by atoms with Gasteiger partial charge in [-0.05, 0) is 35.4 Å². The highest BCUT2D eigenvalue weighted by molar-refractivity contribution is 6.07. The van der Waals surface area contributed by atoms with E-state index in [1.165, 1.54) is 11.2 Å². The van der Waals surface area contributed by atoms with Gasteiger partial charge in [0.25, 0.3) is 5.91 Å². The molecular weight excluding hydrogens is 430 g/mol. The van der Waals surface area contributed by atoms with E-state index in [0.29, 0.717) is 18.0 Å². The molecule has 7 heteroatoms. The first-order valence-electron chi connectivity index (χ1n) is 10.9. The minimum Gasteiger partial charge on any atom is -0.497 e. The zero-order valence-electron chi connectivity index (χ0n) is 18.6. The maximum absolute atomic E-state index is 13.8. The molecule has 4 aromatic rings. The van der Waals surface area contributed by atoms with Crippen molar-refractivity contribution in [2.45, 2.75) is 18.5 Å². The number of urea groups is 1. The molecule has 1 atom stereocenters. The van der Waals surface area contributed by atoms with Gasteiger partial charge in [0.05, 0.1) is 19.3 Å². The minimum atomic E-state index is -1.19.